The smallest absolute Gasteiger partial charge is 0.139 e. The van der Waals surface area contributed by atoms with Crippen LogP contribution in [-0.4, -0.2) is 53.5 Å². The van der Waals surface area contributed by atoms with E-state index < -0.39 is 0 Å². The fourth-order valence-electron chi connectivity index (χ4n) is 2.12. The van der Waals surface area contributed by atoms with E-state index in [1.165, 1.54) is 0 Å². The van der Waals surface area contributed by atoms with Crippen molar-refractivity contribution in [3.8, 4) is 0 Å². The highest BCUT2D eigenvalue weighted by Gasteiger charge is 2.08. The van der Waals surface area contributed by atoms with Gasteiger partial charge in [0.1, 0.15) is 23.6 Å². The molecule has 0 fully saturated rings. The number of hydrogen-bond donors (Lipinski definition) is 2. The molecule has 7 heteroatoms. The van der Waals surface area contributed by atoms with Gasteiger partial charge < -0.3 is 24.2 Å². The quantitative estimate of drug-likeness (QED) is 0.616. The van der Waals surface area contributed by atoms with Crippen LogP contribution in [0.3, 0.4) is 0 Å². The summed E-state index contributed by atoms with van der Waals surface area (Å²) in [6.45, 7) is 2.69. The van der Waals surface area contributed by atoms with Crippen LogP contribution in [0, 0.1) is 0 Å². The maximum atomic E-state index is 5.54. The second-order valence-electron chi connectivity index (χ2n) is 4.60. The van der Waals surface area contributed by atoms with Crippen LogP contribution in [0.1, 0.15) is 5.82 Å². The molecule has 112 valence electrons. The number of aromatic amines is 2. The van der Waals surface area contributed by atoms with Gasteiger partial charge in [0.2, 0.25) is 0 Å². The number of methoxy groups -OCH3 is 1. The SMILES string of the molecule is COCCOCCOCc1nc2c(cnc3[nH]ccc32)[nH]1. The Labute approximate surface area is 121 Å². The van der Waals surface area contributed by atoms with Gasteiger partial charge in [-0.2, -0.15) is 0 Å². The minimum absolute atomic E-state index is 0.425. The van der Waals surface area contributed by atoms with Crippen molar-refractivity contribution in [2.75, 3.05) is 33.5 Å². The van der Waals surface area contributed by atoms with Gasteiger partial charge in [0, 0.05) is 18.7 Å². The van der Waals surface area contributed by atoms with E-state index in [0.717, 1.165) is 27.9 Å². The largest absolute Gasteiger partial charge is 0.382 e. The van der Waals surface area contributed by atoms with Crippen LogP contribution in [0.15, 0.2) is 18.5 Å². The fourth-order valence-corrected chi connectivity index (χ4v) is 2.12. The Morgan fingerprint density at radius 2 is 2.00 bits per heavy atom. The molecule has 3 aromatic rings. The van der Waals surface area contributed by atoms with Crippen molar-refractivity contribution in [1.29, 1.82) is 0 Å². The van der Waals surface area contributed by atoms with Gasteiger partial charge in [-0.15, -0.1) is 0 Å². The number of aromatic nitrogens is 4. The van der Waals surface area contributed by atoms with Crippen LogP contribution in [0.5, 0.6) is 0 Å². The molecule has 0 radical (unpaired) electrons. The summed E-state index contributed by atoms with van der Waals surface area (Å²) in [7, 11) is 1.65. The third-order valence-corrected chi connectivity index (χ3v) is 3.13. The van der Waals surface area contributed by atoms with E-state index in [1.54, 1.807) is 13.3 Å². The van der Waals surface area contributed by atoms with Crippen LogP contribution in [0.4, 0.5) is 0 Å². The van der Waals surface area contributed by atoms with Gasteiger partial charge in [-0.1, -0.05) is 0 Å². The molecule has 3 heterocycles. The zero-order chi connectivity index (χ0) is 14.5. The van der Waals surface area contributed by atoms with Crippen molar-refractivity contribution in [3.63, 3.8) is 0 Å². The van der Waals surface area contributed by atoms with E-state index in [2.05, 4.69) is 19.9 Å². The first-order chi connectivity index (χ1) is 10.4. The third kappa shape index (κ3) is 3.21. The van der Waals surface area contributed by atoms with Crippen molar-refractivity contribution in [2.24, 2.45) is 0 Å². The summed E-state index contributed by atoms with van der Waals surface area (Å²) in [5.41, 5.74) is 2.67. The standard InChI is InChI=1S/C14H18N4O3/c1-19-4-5-20-6-7-21-9-12-17-11-8-16-14-10(2-3-15-14)13(11)18-12/h2-3,8H,4-7,9H2,1H3,(H,15,16)(H,17,18). The predicted octanol–water partition coefficient (Wildman–Crippen LogP) is 1.62. The second kappa shape index (κ2) is 6.66. The highest BCUT2D eigenvalue weighted by Crippen LogP contribution is 2.20. The zero-order valence-electron chi connectivity index (χ0n) is 11.9. The molecule has 21 heavy (non-hydrogen) atoms. The van der Waals surface area contributed by atoms with E-state index in [9.17, 15) is 0 Å². The highest BCUT2D eigenvalue weighted by molar-refractivity contribution is 6.00. The monoisotopic (exact) mass is 290 g/mol. The first-order valence-corrected chi connectivity index (χ1v) is 6.83. The van der Waals surface area contributed by atoms with Gasteiger partial charge in [-0.3, -0.25) is 0 Å². The first kappa shape index (κ1) is 14.0. The highest BCUT2D eigenvalue weighted by atomic mass is 16.5. The van der Waals surface area contributed by atoms with Gasteiger partial charge in [0.25, 0.3) is 0 Å². The van der Waals surface area contributed by atoms with E-state index in [-0.39, 0.29) is 0 Å². The molecule has 0 spiro atoms. The number of nitrogens with one attached hydrogen (secondary N) is 2. The molecule has 0 bridgehead atoms. The molecule has 0 aliphatic rings. The molecule has 0 saturated heterocycles. The first-order valence-electron chi connectivity index (χ1n) is 6.83. The summed E-state index contributed by atoms with van der Waals surface area (Å²) in [5.74, 6) is 0.789. The molecule has 0 saturated carbocycles. The fraction of sp³-hybridized carbons (Fsp3) is 0.429. The number of nitrogens with zero attached hydrogens (tertiary/aromatic N) is 2. The third-order valence-electron chi connectivity index (χ3n) is 3.13. The van der Waals surface area contributed by atoms with Crippen LogP contribution in [0.2, 0.25) is 0 Å². The lowest BCUT2D eigenvalue weighted by molar-refractivity contribution is 0.0186. The number of hydrogen-bond acceptors (Lipinski definition) is 5. The van der Waals surface area contributed by atoms with Gasteiger partial charge in [0.15, 0.2) is 0 Å². The van der Waals surface area contributed by atoms with E-state index in [0.29, 0.717) is 33.0 Å². The molecule has 0 amide bonds. The molecule has 3 rings (SSSR count). The molecular weight excluding hydrogens is 272 g/mol. The van der Waals surface area contributed by atoms with Crippen LogP contribution in [0.25, 0.3) is 22.1 Å². The summed E-state index contributed by atoms with van der Waals surface area (Å²) in [6.07, 6.45) is 3.64. The van der Waals surface area contributed by atoms with E-state index >= 15 is 0 Å². The molecule has 0 unspecified atom stereocenters. The molecule has 7 nitrogen and oxygen atoms in total. The van der Waals surface area contributed by atoms with Crippen LogP contribution < -0.4 is 0 Å². The van der Waals surface area contributed by atoms with Crippen molar-refractivity contribution in [2.45, 2.75) is 6.61 Å². The number of H-pyrrole nitrogens is 2. The molecule has 2 N–H and O–H groups in total. The second-order valence-corrected chi connectivity index (χ2v) is 4.60. The Hall–Kier alpha value is -1.96. The minimum Gasteiger partial charge on any atom is -0.382 e. The molecule has 0 aromatic carbocycles. The molecule has 0 aliphatic carbocycles. The predicted molar refractivity (Wildman–Crippen MR) is 78.1 cm³/mol. The Morgan fingerprint density at radius 1 is 1.14 bits per heavy atom. The molecule has 0 atom stereocenters. The average molecular weight is 290 g/mol. The van der Waals surface area contributed by atoms with Crippen molar-refractivity contribution < 1.29 is 14.2 Å². The molecular formula is C14H18N4O3. The maximum Gasteiger partial charge on any atom is 0.139 e. The van der Waals surface area contributed by atoms with Crippen LogP contribution >= 0.6 is 0 Å². The van der Waals surface area contributed by atoms with Gasteiger partial charge in [-0.25, -0.2) is 9.97 Å². The van der Waals surface area contributed by atoms with Gasteiger partial charge in [0.05, 0.1) is 38.1 Å². The van der Waals surface area contributed by atoms with E-state index in [1.807, 2.05) is 12.3 Å². The molecule has 3 aromatic heterocycles. The zero-order valence-corrected chi connectivity index (χ0v) is 11.9. The van der Waals surface area contributed by atoms with Gasteiger partial charge in [-0.05, 0) is 6.07 Å². The number of pyridine rings is 1. The Bertz CT molecular complexity index is 706. The maximum absolute atomic E-state index is 5.54. The lowest BCUT2D eigenvalue weighted by Crippen LogP contribution is -2.08. The topological polar surface area (TPSA) is 85.0 Å². The summed E-state index contributed by atoms with van der Waals surface area (Å²) in [4.78, 5) is 15.2. The van der Waals surface area contributed by atoms with Crippen LogP contribution in [-0.2, 0) is 20.8 Å². The summed E-state index contributed by atoms with van der Waals surface area (Å²) >= 11 is 0. The van der Waals surface area contributed by atoms with E-state index in [4.69, 9.17) is 14.2 Å². The summed E-state index contributed by atoms with van der Waals surface area (Å²) in [6, 6.07) is 1.97. The average Bonchev–Trinajstić information content (AvgIpc) is 3.11. The Morgan fingerprint density at radius 3 is 2.90 bits per heavy atom. The number of rotatable bonds is 8. The molecule has 0 aliphatic heterocycles. The summed E-state index contributed by atoms with van der Waals surface area (Å²) < 4.78 is 15.7. The Kier molecular flexibility index (Phi) is 4.44. The number of imidazole rings is 1. The minimum atomic E-state index is 0.425. The van der Waals surface area contributed by atoms with Crippen molar-refractivity contribution >= 4 is 22.1 Å². The lowest BCUT2D eigenvalue weighted by atomic mass is 10.3. The normalized spacial score (nSPS) is 11.7. The Balaban J connectivity index is 1.55. The lowest BCUT2D eigenvalue weighted by Gasteiger charge is -2.03. The van der Waals surface area contributed by atoms with Crippen molar-refractivity contribution in [3.05, 3.63) is 24.3 Å². The van der Waals surface area contributed by atoms with Crippen molar-refractivity contribution in [1.82, 2.24) is 19.9 Å². The number of ether oxygens (including phenoxy) is 3. The number of fused-ring (bicyclic) bond motifs is 3. The van der Waals surface area contributed by atoms with Gasteiger partial charge >= 0.3 is 0 Å². The summed E-state index contributed by atoms with van der Waals surface area (Å²) in [5, 5.41) is 1.01.